The van der Waals surface area contributed by atoms with Gasteiger partial charge in [0.25, 0.3) is 0 Å². The van der Waals surface area contributed by atoms with E-state index in [4.69, 9.17) is 5.11 Å². The first-order valence-electron chi connectivity index (χ1n) is 7.03. The molecule has 6 heteroatoms. The number of hydrogen-bond acceptors (Lipinski definition) is 5. The molecule has 110 valence electrons. The van der Waals surface area contributed by atoms with Gasteiger partial charge >= 0.3 is 0 Å². The van der Waals surface area contributed by atoms with Crippen LogP contribution >= 0.6 is 0 Å². The minimum atomic E-state index is 0.792. The van der Waals surface area contributed by atoms with Gasteiger partial charge in [-0.1, -0.05) is 12.8 Å². The number of anilines is 1. The van der Waals surface area contributed by atoms with Crippen molar-refractivity contribution in [3.05, 3.63) is 12.7 Å². The van der Waals surface area contributed by atoms with Crippen LogP contribution in [-0.4, -0.2) is 45.8 Å². The number of rotatable bonds is 3. The molecule has 0 spiro atoms. The molecule has 2 aromatic heterocycles. The average molecular weight is 277 g/mol. The first-order valence-corrected chi connectivity index (χ1v) is 7.03. The van der Waals surface area contributed by atoms with E-state index in [0.717, 1.165) is 36.6 Å². The molecule has 1 saturated carbocycles. The van der Waals surface area contributed by atoms with E-state index >= 15 is 0 Å². The van der Waals surface area contributed by atoms with Gasteiger partial charge in [0.1, 0.15) is 6.33 Å². The van der Waals surface area contributed by atoms with Crippen molar-refractivity contribution >= 4 is 17.0 Å². The van der Waals surface area contributed by atoms with Crippen molar-refractivity contribution in [3.8, 4) is 0 Å². The number of imidazole rings is 1. The third-order valence-corrected chi connectivity index (χ3v) is 3.74. The Labute approximate surface area is 119 Å². The molecule has 0 aromatic carbocycles. The van der Waals surface area contributed by atoms with Gasteiger partial charge in [-0.15, -0.1) is 0 Å². The topological polar surface area (TPSA) is 67.1 Å². The highest BCUT2D eigenvalue weighted by Crippen LogP contribution is 2.28. The van der Waals surface area contributed by atoms with E-state index in [0.29, 0.717) is 0 Å². The molecule has 6 nitrogen and oxygen atoms in total. The molecule has 20 heavy (non-hydrogen) atoms. The zero-order chi connectivity index (χ0) is 14.5. The molecule has 0 amide bonds. The third kappa shape index (κ3) is 2.90. The summed E-state index contributed by atoms with van der Waals surface area (Å²) >= 11 is 0. The highest BCUT2D eigenvalue weighted by atomic mass is 16.2. The first-order chi connectivity index (χ1) is 9.75. The Morgan fingerprint density at radius 1 is 1.20 bits per heavy atom. The van der Waals surface area contributed by atoms with Gasteiger partial charge in [-0.3, -0.25) is 0 Å². The zero-order valence-corrected chi connectivity index (χ0v) is 12.5. The quantitative estimate of drug-likeness (QED) is 0.924. The van der Waals surface area contributed by atoms with Crippen LogP contribution in [0.4, 0.5) is 5.82 Å². The second-order valence-corrected chi connectivity index (χ2v) is 5.31. The van der Waals surface area contributed by atoms with Gasteiger partial charge < -0.3 is 14.6 Å². The van der Waals surface area contributed by atoms with Crippen molar-refractivity contribution in [1.82, 2.24) is 19.5 Å². The van der Waals surface area contributed by atoms with Crippen molar-refractivity contribution in [1.29, 1.82) is 0 Å². The number of aromatic nitrogens is 4. The Bertz CT molecular complexity index is 545. The Kier molecular flexibility index (Phi) is 4.89. The van der Waals surface area contributed by atoms with Crippen LogP contribution in [0.2, 0.25) is 0 Å². The van der Waals surface area contributed by atoms with E-state index in [-0.39, 0.29) is 0 Å². The first kappa shape index (κ1) is 14.7. The van der Waals surface area contributed by atoms with Crippen LogP contribution in [0.3, 0.4) is 0 Å². The molecule has 0 radical (unpaired) electrons. The lowest BCUT2D eigenvalue weighted by molar-refractivity contribution is 0.399. The second kappa shape index (κ2) is 6.65. The van der Waals surface area contributed by atoms with Crippen LogP contribution in [0.25, 0.3) is 11.2 Å². The molecule has 1 aliphatic carbocycles. The Morgan fingerprint density at radius 3 is 2.55 bits per heavy atom. The van der Waals surface area contributed by atoms with Gasteiger partial charge in [0.05, 0.1) is 6.33 Å². The number of fused-ring (bicyclic) bond motifs is 1. The molecule has 0 bridgehead atoms. The summed E-state index contributed by atoms with van der Waals surface area (Å²) in [5, 5.41) is 7.00. The van der Waals surface area contributed by atoms with Crippen molar-refractivity contribution in [3.63, 3.8) is 0 Å². The standard InChI is InChI=1S/C13H19N5.CH4O/c1-17(2)12-11-13(15-8-14-12)18(9-16-11)7-10-5-3-4-6-10;1-2/h8-10H,3-7H2,1-2H3;2H,1H3. The number of aliphatic hydroxyl groups excluding tert-OH is 1. The summed E-state index contributed by atoms with van der Waals surface area (Å²) in [6.45, 7) is 1.04. The van der Waals surface area contributed by atoms with E-state index in [1.165, 1.54) is 25.7 Å². The summed E-state index contributed by atoms with van der Waals surface area (Å²) < 4.78 is 2.18. The Balaban J connectivity index is 0.000000704. The van der Waals surface area contributed by atoms with E-state index in [1.807, 2.05) is 25.3 Å². The van der Waals surface area contributed by atoms with Crippen LogP contribution in [0, 0.1) is 5.92 Å². The number of hydrogen-bond donors (Lipinski definition) is 1. The molecular weight excluding hydrogens is 254 g/mol. The maximum atomic E-state index is 7.00. The highest BCUT2D eigenvalue weighted by molar-refractivity contribution is 5.82. The minimum absolute atomic E-state index is 0.792. The summed E-state index contributed by atoms with van der Waals surface area (Å²) in [7, 11) is 4.97. The summed E-state index contributed by atoms with van der Waals surface area (Å²) in [4.78, 5) is 15.1. The predicted molar refractivity (Wildman–Crippen MR) is 79.8 cm³/mol. The van der Waals surface area contributed by atoms with E-state index in [1.54, 1.807) is 6.33 Å². The van der Waals surface area contributed by atoms with Crippen LogP contribution in [0.15, 0.2) is 12.7 Å². The Hall–Kier alpha value is -1.69. The van der Waals surface area contributed by atoms with Gasteiger partial charge in [0.15, 0.2) is 17.0 Å². The SMILES string of the molecule is CN(C)c1ncnc2c1ncn2CC1CCCC1.CO. The Morgan fingerprint density at radius 2 is 1.90 bits per heavy atom. The minimum Gasteiger partial charge on any atom is -0.400 e. The fraction of sp³-hybridized carbons (Fsp3) is 0.643. The normalized spacial score (nSPS) is 15.2. The maximum Gasteiger partial charge on any atom is 0.165 e. The summed E-state index contributed by atoms with van der Waals surface area (Å²) in [5.74, 6) is 1.69. The molecule has 3 rings (SSSR count). The predicted octanol–water partition coefficient (Wildman–Crippen LogP) is 1.69. The van der Waals surface area contributed by atoms with Gasteiger partial charge in [-0.05, 0) is 18.8 Å². The van der Waals surface area contributed by atoms with Crippen molar-refractivity contribution in [2.75, 3.05) is 26.1 Å². The smallest absolute Gasteiger partial charge is 0.165 e. The van der Waals surface area contributed by atoms with E-state index < -0.39 is 0 Å². The average Bonchev–Trinajstić information content (AvgIpc) is 3.11. The molecule has 1 fully saturated rings. The summed E-state index contributed by atoms with van der Waals surface area (Å²) in [5.41, 5.74) is 1.86. The third-order valence-electron chi connectivity index (χ3n) is 3.74. The van der Waals surface area contributed by atoms with Crippen molar-refractivity contribution in [2.24, 2.45) is 5.92 Å². The number of aliphatic hydroxyl groups is 1. The summed E-state index contributed by atoms with van der Waals surface area (Å²) in [6.07, 6.45) is 8.95. The van der Waals surface area contributed by atoms with Crippen molar-refractivity contribution < 1.29 is 5.11 Å². The maximum absolute atomic E-state index is 7.00. The molecule has 2 heterocycles. The van der Waals surface area contributed by atoms with E-state index in [2.05, 4.69) is 19.5 Å². The molecular formula is C14H23N5O. The highest BCUT2D eigenvalue weighted by Gasteiger charge is 2.18. The van der Waals surface area contributed by atoms with E-state index in [9.17, 15) is 0 Å². The lowest BCUT2D eigenvalue weighted by Gasteiger charge is -2.12. The van der Waals surface area contributed by atoms with Crippen LogP contribution in [-0.2, 0) is 6.54 Å². The number of nitrogens with zero attached hydrogens (tertiary/aromatic N) is 5. The van der Waals surface area contributed by atoms with Gasteiger partial charge in [-0.25, -0.2) is 15.0 Å². The summed E-state index contributed by atoms with van der Waals surface area (Å²) in [6, 6.07) is 0. The second-order valence-electron chi connectivity index (χ2n) is 5.31. The van der Waals surface area contributed by atoms with Crippen molar-refractivity contribution in [2.45, 2.75) is 32.2 Å². The molecule has 0 unspecified atom stereocenters. The van der Waals surface area contributed by atoms with Gasteiger partial charge in [-0.2, -0.15) is 0 Å². The molecule has 0 saturated heterocycles. The lowest BCUT2D eigenvalue weighted by atomic mass is 10.1. The monoisotopic (exact) mass is 277 g/mol. The zero-order valence-electron chi connectivity index (χ0n) is 12.5. The van der Waals surface area contributed by atoms with Crippen LogP contribution in [0.5, 0.6) is 0 Å². The fourth-order valence-electron chi connectivity index (χ4n) is 2.80. The molecule has 1 N–H and O–H groups in total. The van der Waals surface area contributed by atoms with Gasteiger partial charge in [0.2, 0.25) is 0 Å². The molecule has 0 aliphatic heterocycles. The fourth-order valence-corrected chi connectivity index (χ4v) is 2.80. The molecule has 1 aliphatic rings. The largest absolute Gasteiger partial charge is 0.400 e. The van der Waals surface area contributed by atoms with Crippen LogP contribution < -0.4 is 4.90 Å². The molecule has 2 aromatic rings. The lowest BCUT2D eigenvalue weighted by Crippen LogP contribution is -2.12. The van der Waals surface area contributed by atoms with Gasteiger partial charge in [0, 0.05) is 27.7 Å². The molecule has 0 atom stereocenters. The van der Waals surface area contributed by atoms with Crippen LogP contribution in [0.1, 0.15) is 25.7 Å².